The summed E-state index contributed by atoms with van der Waals surface area (Å²) < 4.78 is 7.43. The van der Waals surface area contributed by atoms with Crippen LogP contribution in [0, 0.1) is 0 Å². The molecule has 1 unspecified atom stereocenters. The summed E-state index contributed by atoms with van der Waals surface area (Å²) in [6.07, 6.45) is 9.65. The number of rotatable bonds is 3. The molecule has 28 heavy (non-hydrogen) atoms. The van der Waals surface area contributed by atoms with Gasteiger partial charge in [0, 0.05) is 19.9 Å². The van der Waals surface area contributed by atoms with Crippen LogP contribution in [0.3, 0.4) is 0 Å². The summed E-state index contributed by atoms with van der Waals surface area (Å²) in [6, 6.07) is 0. The van der Waals surface area contributed by atoms with Gasteiger partial charge < -0.3 is 10.1 Å². The van der Waals surface area contributed by atoms with Gasteiger partial charge in [-0.15, -0.1) is 11.3 Å². The summed E-state index contributed by atoms with van der Waals surface area (Å²) in [4.78, 5) is 26.6. The van der Waals surface area contributed by atoms with Crippen molar-refractivity contribution >= 4 is 43.3 Å². The number of hydrogen-bond donors (Lipinski definition) is 1. The number of fused-ring (bicyclic) bond motifs is 3. The Labute approximate surface area is 168 Å². The Morgan fingerprint density at radius 3 is 2.57 bits per heavy atom. The molecule has 4 rings (SSSR count). The Bertz CT molecular complexity index is 1050. The van der Waals surface area contributed by atoms with E-state index in [0.29, 0.717) is 16.0 Å². The lowest BCUT2D eigenvalue weighted by Crippen LogP contribution is -2.20. The van der Waals surface area contributed by atoms with Crippen LogP contribution in [0.4, 0.5) is 5.82 Å². The van der Waals surface area contributed by atoms with Gasteiger partial charge in [-0.05, 0) is 12.5 Å². The van der Waals surface area contributed by atoms with Crippen LogP contribution in [0.25, 0.3) is 26.1 Å². The molecular formula is C20H27N5O2S. The summed E-state index contributed by atoms with van der Waals surface area (Å²) in [6.45, 7) is 8.00. The molecule has 0 saturated heterocycles. The van der Waals surface area contributed by atoms with E-state index in [2.05, 4.69) is 20.3 Å². The number of nitrogens with one attached hydrogen (secondary N) is 1. The van der Waals surface area contributed by atoms with Crippen molar-refractivity contribution in [3.8, 4) is 0 Å². The summed E-state index contributed by atoms with van der Waals surface area (Å²) in [5.74, 6) is 0.676. The maximum absolute atomic E-state index is 12.9. The van der Waals surface area contributed by atoms with E-state index in [1.807, 2.05) is 45.9 Å². The quantitative estimate of drug-likeness (QED) is 0.704. The average molecular weight is 402 g/mol. The summed E-state index contributed by atoms with van der Waals surface area (Å²) >= 11 is 1.34. The van der Waals surface area contributed by atoms with Gasteiger partial charge in [0.15, 0.2) is 0 Å². The van der Waals surface area contributed by atoms with E-state index in [4.69, 9.17) is 4.74 Å². The topological polar surface area (TPSA) is 81.9 Å². The Balaban J connectivity index is 0.000000660. The molecule has 0 fully saturated rings. The highest BCUT2D eigenvalue weighted by Crippen LogP contribution is 2.32. The van der Waals surface area contributed by atoms with Crippen molar-refractivity contribution in [1.82, 2.24) is 19.5 Å². The van der Waals surface area contributed by atoms with Crippen molar-refractivity contribution < 1.29 is 4.74 Å². The molecule has 0 aliphatic heterocycles. The highest BCUT2D eigenvalue weighted by Gasteiger charge is 2.17. The maximum Gasteiger partial charge on any atom is 0.275 e. The standard InChI is InChI=1S/C16H15N5O2S.2C2H6/c1-17-14-11-12-13(24-15(11)19-7-18-14)16(22)21(8-20-12)9-3-5-10(23-2)6-4-9;2*1-2/h3-5,7-8,10H,6H2,1-2H3,(H,17,18,19);2*1-2H3. The molecule has 0 spiro atoms. The number of allylic oxidation sites excluding steroid dienone is 2. The van der Waals surface area contributed by atoms with Gasteiger partial charge in [0.05, 0.1) is 11.5 Å². The average Bonchev–Trinajstić information content (AvgIpc) is 3.17. The van der Waals surface area contributed by atoms with Crippen LogP contribution in [-0.4, -0.2) is 39.8 Å². The van der Waals surface area contributed by atoms with E-state index in [0.717, 1.165) is 22.3 Å². The molecule has 1 atom stereocenters. The molecule has 0 bridgehead atoms. The summed E-state index contributed by atoms with van der Waals surface area (Å²) in [7, 11) is 3.46. The molecule has 3 aromatic heterocycles. The molecule has 1 aliphatic carbocycles. The second-order valence-corrected chi connectivity index (χ2v) is 6.35. The molecule has 3 heterocycles. The third-order valence-electron chi connectivity index (χ3n) is 4.04. The number of aromatic nitrogens is 4. The molecule has 0 radical (unpaired) electrons. The minimum absolute atomic E-state index is 0.0546. The zero-order chi connectivity index (χ0) is 20.7. The Morgan fingerprint density at radius 2 is 1.96 bits per heavy atom. The van der Waals surface area contributed by atoms with Crippen molar-refractivity contribution in [3.63, 3.8) is 0 Å². The fourth-order valence-corrected chi connectivity index (χ4v) is 3.81. The lowest BCUT2D eigenvalue weighted by Gasteiger charge is -2.15. The van der Waals surface area contributed by atoms with E-state index in [9.17, 15) is 4.79 Å². The first-order valence-corrected chi connectivity index (χ1v) is 10.3. The van der Waals surface area contributed by atoms with Gasteiger partial charge in [-0.3, -0.25) is 9.36 Å². The molecule has 0 amide bonds. The van der Waals surface area contributed by atoms with Crippen molar-refractivity contribution in [2.75, 3.05) is 19.5 Å². The van der Waals surface area contributed by atoms with Gasteiger partial charge in [0.1, 0.15) is 33.5 Å². The van der Waals surface area contributed by atoms with E-state index < -0.39 is 0 Å². The van der Waals surface area contributed by atoms with Gasteiger partial charge in [-0.25, -0.2) is 15.0 Å². The van der Waals surface area contributed by atoms with E-state index in [1.165, 1.54) is 17.7 Å². The molecular weight excluding hydrogens is 374 g/mol. The maximum atomic E-state index is 12.9. The minimum Gasteiger partial charge on any atom is -0.377 e. The first-order valence-electron chi connectivity index (χ1n) is 9.47. The molecule has 0 aromatic carbocycles. The van der Waals surface area contributed by atoms with Crippen LogP contribution >= 0.6 is 11.3 Å². The highest BCUT2D eigenvalue weighted by molar-refractivity contribution is 7.25. The molecule has 150 valence electrons. The fraction of sp³-hybridized carbons (Fsp3) is 0.400. The first-order chi connectivity index (χ1) is 13.7. The largest absolute Gasteiger partial charge is 0.377 e. The van der Waals surface area contributed by atoms with Crippen LogP contribution in [-0.2, 0) is 4.74 Å². The predicted octanol–water partition coefficient (Wildman–Crippen LogP) is 4.31. The molecule has 1 aliphatic rings. The normalized spacial score (nSPS) is 15.4. The van der Waals surface area contributed by atoms with Gasteiger partial charge >= 0.3 is 0 Å². The van der Waals surface area contributed by atoms with Gasteiger partial charge in [-0.2, -0.15) is 0 Å². The van der Waals surface area contributed by atoms with Gasteiger partial charge in [0.2, 0.25) is 0 Å². The van der Waals surface area contributed by atoms with Crippen molar-refractivity contribution in [2.24, 2.45) is 0 Å². The number of hydrogen-bond acceptors (Lipinski definition) is 7. The van der Waals surface area contributed by atoms with Crippen LogP contribution in [0.1, 0.15) is 34.1 Å². The van der Waals surface area contributed by atoms with E-state index >= 15 is 0 Å². The number of methoxy groups -OCH3 is 1. The summed E-state index contributed by atoms with van der Waals surface area (Å²) in [5, 5.41) is 3.82. The van der Waals surface area contributed by atoms with E-state index in [1.54, 1.807) is 25.1 Å². The fourth-order valence-electron chi connectivity index (χ4n) is 2.78. The van der Waals surface area contributed by atoms with Crippen molar-refractivity contribution in [1.29, 1.82) is 0 Å². The predicted molar refractivity (Wildman–Crippen MR) is 118 cm³/mol. The summed E-state index contributed by atoms with van der Waals surface area (Å²) in [5.41, 5.74) is 1.34. The van der Waals surface area contributed by atoms with Crippen molar-refractivity contribution in [3.05, 3.63) is 41.2 Å². The lowest BCUT2D eigenvalue weighted by molar-refractivity contribution is 0.143. The Kier molecular flexibility index (Phi) is 7.83. The Morgan fingerprint density at radius 1 is 1.21 bits per heavy atom. The molecule has 3 aromatic rings. The van der Waals surface area contributed by atoms with Gasteiger partial charge in [0.25, 0.3) is 5.56 Å². The zero-order valence-electron chi connectivity index (χ0n) is 17.2. The minimum atomic E-state index is -0.100. The number of ether oxygens (including phenoxy) is 1. The number of anilines is 1. The number of thiophene rings is 1. The monoisotopic (exact) mass is 401 g/mol. The smallest absolute Gasteiger partial charge is 0.275 e. The zero-order valence-corrected chi connectivity index (χ0v) is 18.0. The first kappa shape index (κ1) is 21.7. The van der Waals surface area contributed by atoms with Crippen LogP contribution in [0.15, 0.2) is 35.7 Å². The lowest BCUT2D eigenvalue weighted by atomic mass is 10.1. The van der Waals surface area contributed by atoms with Crippen molar-refractivity contribution in [2.45, 2.75) is 40.2 Å². The third-order valence-corrected chi connectivity index (χ3v) is 5.11. The highest BCUT2D eigenvalue weighted by atomic mass is 32.1. The molecule has 8 heteroatoms. The number of nitrogens with zero attached hydrogens (tertiary/aromatic N) is 4. The Hall–Kier alpha value is -2.58. The molecule has 7 nitrogen and oxygen atoms in total. The van der Waals surface area contributed by atoms with Crippen LogP contribution < -0.4 is 10.9 Å². The SMILES string of the molecule is CC.CC.CNc1ncnc2sc3c(=O)n(C4=CCC(OC)C=C4)cnc3c12. The molecule has 1 N–H and O–H groups in total. The van der Waals surface area contributed by atoms with Crippen LogP contribution in [0.5, 0.6) is 0 Å². The van der Waals surface area contributed by atoms with E-state index in [-0.39, 0.29) is 11.7 Å². The molecule has 0 saturated carbocycles. The second kappa shape index (κ2) is 10.1. The second-order valence-electron chi connectivity index (χ2n) is 5.35. The third kappa shape index (κ3) is 3.98. The van der Waals surface area contributed by atoms with Gasteiger partial charge in [-0.1, -0.05) is 39.8 Å². The van der Waals surface area contributed by atoms with Crippen LogP contribution in [0.2, 0.25) is 0 Å².